The molecule has 1 N–H and O–H groups in total. The maximum atomic E-state index is 12.8. The first kappa shape index (κ1) is 14.2. The zero-order chi connectivity index (χ0) is 15.3. The van der Waals surface area contributed by atoms with Crippen LogP contribution in [0, 0.1) is 16.2 Å². The van der Waals surface area contributed by atoms with Gasteiger partial charge in [-0.2, -0.15) is 0 Å². The Kier molecular flexibility index (Phi) is 2.98. The van der Waals surface area contributed by atoms with Crippen LogP contribution in [-0.4, -0.2) is 16.7 Å². The molecule has 112 valence electrons. The van der Waals surface area contributed by atoms with Gasteiger partial charge in [0.15, 0.2) is 0 Å². The second-order valence-corrected chi connectivity index (χ2v) is 7.18. The molecular formula is C17H22N2O2. The second kappa shape index (κ2) is 4.39. The van der Waals surface area contributed by atoms with Crippen LogP contribution >= 0.6 is 0 Å². The van der Waals surface area contributed by atoms with Gasteiger partial charge in [-0.1, -0.05) is 26.8 Å². The zero-order valence-corrected chi connectivity index (χ0v) is 12.9. The number of pyridine rings is 1. The van der Waals surface area contributed by atoms with Gasteiger partial charge in [-0.3, -0.25) is 14.6 Å². The summed E-state index contributed by atoms with van der Waals surface area (Å²) in [4.78, 5) is 29.2. The van der Waals surface area contributed by atoms with Crippen LogP contribution in [0.15, 0.2) is 24.5 Å². The van der Waals surface area contributed by atoms with Crippen molar-refractivity contribution in [2.24, 2.45) is 16.2 Å². The first-order valence-electron chi connectivity index (χ1n) is 7.54. The Labute approximate surface area is 125 Å². The van der Waals surface area contributed by atoms with Crippen LogP contribution in [0.25, 0.3) is 0 Å². The van der Waals surface area contributed by atoms with Crippen molar-refractivity contribution in [3.8, 4) is 0 Å². The molecule has 3 rings (SSSR count). The standard InChI is InChI=1S/C17H22N2O2/c1-15(2)16(3)6-7-17(15,9-13(16)20)14(21)19-11-12-5-4-8-18-10-12/h4-5,8,10H,6-7,9,11H2,1-3H3,(H,19,21)/t16-,17+/m1/s1. The molecule has 0 unspecified atom stereocenters. The third-order valence-electron chi connectivity index (χ3n) is 6.32. The molecule has 1 aromatic heterocycles. The second-order valence-electron chi connectivity index (χ2n) is 7.18. The highest BCUT2D eigenvalue weighted by Crippen LogP contribution is 2.70. The summed E-state index contributed by atoms with van der Waals surface area (Å²) in [6, 6.07) is 3.80. The zero-order valence-electron chi connectivity index (χ0n) is 12.9. The van der Waals surface area contributed by atoms with Gasteiger partial charge in [0.25, 0.3) is 0 Å². The monoisotopic (exact) mass is 286 g/mol. The molecule has 0 aliphatic heterocycles. The van der Waals surface area contributed by atoms with Gasteiger partial charge in [-0.15, -0.1) is 0 Å². The number of carbonyl (C=O) groups excluding carboxylic acids is 2. The van der Waals surface area contributed by atoms with E-state index in [4.69, 9.17) is 0 Å². The van der Waals surface area contributed by atoms with E-state index >= 15 is 0 Å². The number of nitrogens with zero attached hydrogens (tertiary/aromatic N) is 1. The number of rotatable bonds is 3. The molecule has 2 fully saturated rings. The molecule has 4 heteroatoms. The van der Waals surface area contributed by atoms with Gasteiger partial charge in [0, 0.05) is 30.8 Å². The van der Waals surface area contributed by atoms with E-state index in [0.29, 0.717) is 13.0 Å². The van der Waals surface area contributed by atoms with Crippen LogP contribution in [0.4, 0.5) is 0 Å². The molecule has 2 atom stereocenters. The summed E-state index contributed by atoms with van der Waals surface area (Å²) < 4.78 is 0. The average molecular weight is 286 g/mol. The maximum absolute atomic E-state index is 12.8. The number of hydrogen-bond donors (Lipinski definition) is 1. The highest BCUT2D eigenvalue weighted by molar-refractivity contribution is 5.99. The van der Waals surface area contributed by atoms with Gasteiger partial charge in [0.2, 0.25) is 5.91 Å². The lowest BCUT2D eigenvalue weighted by molar-refractivity contribution is -0.136. The minimum atomic E-state index is -0.541. The molecule has 4 nitrogen and oxygen atoms in total. The molecule has 2 aliphatic carbocycles. The Morgan fingerprint density at radius 3 is 2.62 bits per heavy atom. The van der Waals surface area contributed by atoms with Crippen LogP contribution in [0.3, 0.4) is 0 Å². The number of Topliss-reactive ketones (excluding diaryl/α,β-unsaturated/α-hetero) is 1. The SMILES string of the molecule is CC1(C)[C@@]2(C(=O)NCc3cccnc3)CC[C@]1(C)C(=O)C2. The Morgan fingerprint density at radius 2 is 2.10 bits per heavy atom. The van der Waals surface area contributed by atoms with E-state index < -0.39 is 5.41 Å². The Bertz CT molecular complexity index is 596. The lowest BCUT2D eigenvalue weighted by atomic mass is 9.64. The van der Waals surface area contributed by atoms with Gasteiger partial charge in [0.1, 0.15) is 5.78 Å². The Balaban J connectivity index is 1.80. The average Bonchev–Trinajstić information content (AvgIpc) is 2.76. The van der Waals surface area contributed by atoms with Crippen molar-refractivity contribution < 1.29 is 9.59 Å². The summed E-state index contributed by atoms with van der Waals surface area (Å²) in [5, 5.41) is 3.02. The molecule has 0 radical (unpaired) electrons. The molecular weight excluding hydrogens is 264 g/mol. The number of aromatic nitrogens is 1. The van der Waals surface area contributed by atoms with E-state index in [2.05, 4.69) is 24.1 Å². The van der Waals surface area contributed by atoms with Crippen LogP contribution in [0.2, 0.25) is 0 Å². The predicted octanol–water partition coefficient (Wildman–Crippen LogP) is 2.48. The summed E-state index contributed by atoms with van der Waals surface area (Å²) >= 11 is 0. The van der Waals surface area contributed by atoms with E-state index in [1.165, 1.54) is 0 Å². The van der Waals surface area contributed by atoms with Crippen LogP contribution in [0.1, 0.15) is 45.6 Å². The van der Waals surface area contributed by atoms with E-state index in [0.717, 1.165) is 18.4 Å². The molecule has 1 amide bonds. The van der Waals surface area contributed by atoms with Crippen molar-refractivity contribution in [2.75, 3.05) is 0 Å². The normalized spacial score (nSPS) is 33.2. The topological polar surface area (TPSA) is 59.1 Å². The first-order chi connectivity index (χ1) is 9.83. The summed E-state index contributed by atoms with van der Waals surface area (Å²) in [5.41, 5.74) is -0.194. The Morgan fingerprint density at radius 1 is 1.33 bits per heavy atom. The first-order valence-corrected chi connectivity index (χ1v) is 7.54. The van der Waals surface area contributed by atoms with Crippen molar-refractivity contribution in [1.29, 1.82) is 0 Å². The largest absolute Gasteiger partial charge is 0.351 e. The number of ketones is 1. The number of amides is 1. The van der Waals surface area contributed by atoms with Crippen molar-refractivity contribution >= 4 is 11.7 Å². The number of fused-ring (bicyclic) bond motifs is 2. The maximum Gasteiger partial charge on any atom is 0.227 e. The summed E-state index contributed by atoms with van der Waals surface area (Å²) in [6.45, 7) is 6.65. The minimum Gasteiger partial charge on any atom is -0.351 e. The van der Waals surface area contributed by atoms with Crippen molar-refractivity contribution in [2.45, 2.75) is 46.6 Å². The van der Waals surface area contributed by atoms with Gasteiger partial charge in [0.05, 0.1) is 5.41 Å². The van der Waals surface area contributed by atoms with Gasteiger partial charge in [-0.25, -0.2) is 0 Å². The number of hydrogen-bond acceptors (Lipinski definition) is 3. The lowest BCUT2D eigenvalue weighted by Gasteiger charge is -2.38. The molecule has 2 aliphatic rings. The summed E-state index contributed by atoms with van der Waals surface area (Å²) in [6.07, 6.45) is 5.47. The lowest BCUT2D eigenvalue weighted by Crippen LogP contribution is -2.46. The number of carbonyl (C=O) groups is 2. The smallest absolute Gasteiger partial charge is 0.227 e. The van der Waals surface area contributed by atoms with Gasteiger partial charge >= 0.3 is 0 Å². The predicted molar refractivity (Wildman–Crippen MR) is 79.3 cm³/mol. The molecule has 2 bridgehead atoms. The summed E-state index contributed by atoms with van der Waals surface area (Å²) in [7, 11) is 0. The van der Waals surface area contributed by atoms with E-state index in [-0.39, 0.29) is 22.5 Å². The summed E-state index contributed by atoms with van der Waals surface area (Å²) in [5.74, 6) is 0.265. The van der Waals surface area contributed by atoms with Gasteiger partial charge < -0.3 is 5.32 Å². The molecule has 0 saturated heterocycles. The fourth-order valence-corrected chi connectivity index (χ4v) is 4.21. The van der Waals surface area contributed by atoms with Crippen molar-refractivity contribution in [3.05, 3.63) is 30.1 Å². The Hall–Kier alpha value is -1.71. The molecule has 1 aromatic rings. The van der Waals surface area contributed by atoms with E-state index in [1.807, 2.05) is 19.1 Å². The highest BCUT2D eigenvalue weighted by atomic mass is 16.2. The minimum absolute atomic E-state index is 0.0194. The number of nitrogens with one attached hydrogen (secondary N) is 1. The van der Waals surface area contributed by atoms with Crippen molar-refractivity contribution in [3.63, 3.8) is 0 Å². The fraction of sp³-hybridized carbons (Fsp3) is 0.588. The molecule has 2 saturated carbocycles. The van der Waals surface area contributed by atoms with Crippen LogP contribution in [-0.2, 0) is 16.1 Å². The van der Waals surface area contributed by atoms with E-state index in [9.17, 15) is 9.59 Å². The molecule has 0 spiro atoms. The molecule has 0 aromatic carbocycles. The van der Waals surface area contributed by atoms with Crippen LogP contribution in [0.5, 0.6) is 0 Å². The quantitative estimate of drug-likeness (QED) is 0.928. The fourth-order valence-electron chi connectivity index (χ4n) is 4.21. The van der Waals surface area contributed by atoms with Crippen LogP contribution < -0.4 is 5.32 Å². The van der Waals surface area contributed by atoms with Crippen molar-refractivity contribution in [1.82, 2.24) is 10.3 Å². The third kappa shape index (κ3) is 1.71. The van der Waals surface area contributed by atoms with Gasteiger partial charge in [-0.05, 0) is 29.9 Å². The van der Waals surface area contributed by atoms with E-state index in [1.54, 1.807) is 12.4 Å². The highest BCUT2D eigenvalue weighted by Gasteiger charge is 2.72. The third-order valence-corrected chi connectivity index (χ3v) is 6.32. The molecule has 1 heterocycles. The molecule has 21 heavy (non-hydrogen) atoms.